The topological polar surface area (TPSA) is 99.8 Å². The van der Waals surface area contributed by atoms with Gasteiger partial charge in [0, 0.05) is 10.6 Å². The summed E-state index contributed by atoms with van der Waals surface area (Å²) in [7, 11) is 0. The Morgan fingerprint density at radius 3 is 3.05 bits per heavy atom. The maximum atomic E-state index is 11.9. The summed E-state index contributed by atoms with van der Waals surface area (Å²) < 4.78 is 0. The van der Waals surface area contributed by atoms with E-state index in [4.69, 9.17) is 0 Å². The van der Waals surface area contributed by atoms with Gasteiger partial charge in [-0.3, -0.25) is 14.7 Å². The number of aromatic amines is 1. The first-order valence-corrected chi connectivity index (χ1v) is 6.87. The number of thioether (sulfide) groups is 1. The zero-order valence-corrected chi connectivity index (χ0v) is 11.4. The van der Waals surface area contributed by atoms with Crippen molar-refractivity contribution < 1.29 is 9.59 Å². The van der Waals surface area contributed by atoms with Crippen molar-refractivity contribution in [3.63, 3.8) is 0 Å². The Bertz CT molecular complexity index is 697. The highest BCUT2D eigenvalue weighted by Gasteiger charge is 2.17. The van der Waals surface area contributed by atoms with Crippen molar-refractivity contribution in [1.82, 2.24) is 15.2 Å². The van der Waals surface area contributed by atoms with Gasteiger partial charge in [0.15, 0.2) is 0 Å². The van der Waals surface area contributed by atoms with Crippen LogP contribution in [0.4, 0.5) is 11.4 Å². The number of carbonyl (C=O) groups excluding carboxylic acids is 2. The molecule has 2 aromatic rings. The number of benzene rings is 1. The zero-order valence-electron chi connectivity index (χ0n) is 10.6. The highest BCUT2D eigenvalue weighted by Crippen LogP contribution is 2.33. The number of amides is 2. The molecule has 0 saturated heterocycles. The molecule has 0 radical (unpaired) electrons. The fraction of sp³-hybridized carbons (Fsp3) is 0.167. The van der Waals surface area contributed by atoms with Gasteiger partial charge in [0.2, 0.25) is 11.7 Å². The second-order valence-electron chi connectivity index (χ2n) is 4.25. The Morgan fingerprint density at radius 2 is 2.30 bits per heavy atom. The summed E-state index contributed by atoms with van der Waals surface area (Å²) in [6, 6.07) is 5.36. The molecule has 0 aliphatic carbocycles. The number of hydrogen-bond donors (Lipinski definition) is 3. The fourth-order valence-electron chi connectivity index (χ4n) is 1.79. The molecule has 3 rings (SSSR count). The van der Waals surface area contributed by atoms with E-state index in [1.165, 1.54) is 11.8 Å². The van der Waals surface area contributed by atoms with Gasteiger partial charge in [-0.05, 0) is 25.1 Å². The van der Waals surface area contributed by atoms with Gasteiger partial charge in [-0.25, -0.2) is 4.98 Å². The molecule has 7 nitrogen and oxygen atoms in total. The molecule has 8 heteroatoms. The van der Waals surface area contributed by atoms with Crippen LogP contribution in [-0.4, -0.2) is 32.7 Å². The monoisotopic (exact) mass is 289 g/mol. The van der Waals surface area contributed by atoms with E-state index in [-0.39, 0.29) is 11.7 Å². The Labute approximate surface area is 118 Å². The fourth-order valence-corrected chi connectivity index (χ4v) is 2.58. The van der Waals surface area contributed by atoms with Gasteiger partial charge in [0.25, 0.3) is 5.91 Å². The third-order valence-corrected chi connectivity index (χ3v) is 3.74. The second-order valence-corrected chi connectivity index (χ2v) is 5.26. The molecular weight excluding hydrogens is 278 g/mol. The molecule has 2 heterocycles. The van der Waals surface area contributed by atoms with Crippen molar-refractivity contribution in [3.8, 4) is 0 Å². The van der Waals surface area contributed by atoms with Crippen molar-refractivity contribution in [2.24, 2.45) is 0 Å². The molecule has 102 valence electrons. The predicted octanol–water partition coefficient (Wildman–Crippen LogP) is 1.41. The number of anilines is 2. The average Bonchev–Trinajstić information content (AvgIpc) is 2.85. The highest BCUT2D eigenvalue weighted by atomic mass is 32.2. The first-order chi connectivity index (χ1) is 9.61. The van der Waals surface area contributed by atoms with Gasteiger partial charge < -0.3 is 10.6 Å². The minimum Gasteiger partial charge on any atom is -0.324 e. The lowest BCUT2D eigenvalue weighted by atomic mass is 10.2. The van der Waals surface area contributed by atoms with E-state index in [1.54, 1.807) is 19.1 Å². The first-order valence-electron chi connectivity index (χ1n) is 5.89. The Morgan fingerprint density at radius 1 is 1.45 bits per heavy atom. The molecule has 20 heavy (non-hydrogen) atoms. The van der Waals surface area contributed by atoms with E-state index >= 15 is 0 Å². The zero-order chi connectivity index (χ0) is 14.1. The van der Waals surface area contributed by atoms with Gasteiger partial charge in [0.1, 0.15) is 5.82 Å². The van der Waals surface area contributed by atoms with E-state index < -0.39 is 5.91 Å². The molecule has 0 bridgehead atoms. The molecule has 0 atom stereocenters. The van der Waals surface area contributed by atoms with Crippen LogP contribution in [0.5, 0.6) is 0 Å². The van der Waals surface area contributed by atoms with Crippen LogP contribution in [0.1, 0.15) is 16.4 Å². The van der Waals surface area contributed by atoms with Crippen molar-refractivity contribution in [3.05, 3.63) is 29.8 Å². The lowest BCUT2D eigenvalue weighted by Crippen LogP contribution is -2.19. The van der Waals surface area contributed by atoms with Crippen molar-refractivity contribution in [2.45, 2.75) is 11.8 Å². The molecule has 0 fully saturated rings. The third-order valence-electron chi connectivity index (χ3n) is 2.67. The quantitative estimate of drug-likeness (QED) is 0.776. The molecule has 1 aromatic heterocycles. The number of nitrogens with one attached hydrogen (secondary N) is 3. The van der Waals surface area contributed by atoms with Crippen LogP contribution in [0, 0.1) is 6.92 Å². The van der Waals surface area contributed by atoms with Crippen molar-refractivity contribution >= 4 is 35.0 Å². The van der Waals surface area contributed by atoms with E-state index in [9.17, 15) is 9.59 Å². The summed E-state index contributed by atoms with van der Waals surface area (Å²) in [6.45, 7) is 1.72. The predicted molar refractivity (Wildman–Crippen MR) is 74.9 cm³/mol. The number of fused-ring (bicyclic) bond motifs is 1. The third kappa shape index (κ3) is 2.50. The molecule has 2 amide bonds. The van der Waals surface area contributed by atoms with Crippen LogP contribution in [0.3, 0.4) is 0 Å². The first kappa shape index (κ1) is 12.7. The number of carbonyl (C=O) groups is 2. The molecule has 1 aliphatic heterocycles. The number of aromatic nitrogens is 3. The van der Waals surface area contributed by atoms with Crippen molar-refractivity contribution in [1.29, 1.82) is 0 Å². The minimum absolute atomic E-state index is 0.0458. The standard InChI is InChI=1S/C12H11N5O2S/c1-6-13-11(17-16-6)12(19)14-7-2-3-9-8(4-7)15-10(18)5-20-9/h2-4H,5H2,1H3,(H,14,19)(H,15,18)(H,13,16,17). The van der Waals surface area contributed by atoms with Crippen LogP contribution in [0.25, 0.3) is 0 Å². The number of nitrogens with zero attached hydrogens (tertiary/aromatic N) is 2. The Balaban J connectivity index is 1.80. The van der Waals surface area contributed by atoms with Gasteiger partial charge in [-0.15, -0.1) is 16.9 Å². The lowest BCUT2D eigenvalue weighted by Gasteiger charge is -2.17. The summed E-state index contributed by atoms with van der Waals surface area (Å²) in [5, 5.41) is 11.9. The number of aryl methyl sites for hydroxylation is 1. The van der Waals surface area contributed by atoms with Crippen molar-refractivity contribution in [2.75, 3.05) is 16.4 Å². The average molecular weight is 289 g/mol. The summed E-state index contributed by atoms with van der Waals surface area (Å²) in [6.07, 6.45) is 0. The van der Waals surface area contributed by atoms with Gasteiger partial charge in [0.05, 0.1) is 11.4 Å². The number of rotatable bonds is 2. The van der Waals surface area contributed by atoms with E-state index in [0.717, 1.165) is 4.90 Å². The number of H-pyrrole nitrogens is 1. The Hall–Kier alpha value is -2.35. The van der Waals surface area contributed by atoms with Gasteiger partial charge in [-0.2, -0.15) is 0 Å². The molecule has 1 aliphatic rings. The molecule has 3 N–H and O–H groups in total. The molecule has 0 spiro atoms. The minimum atomic E-state index is -0.399. The summed E-state index contributed by atoms with van der Waals surface area (Å²) in [5.74, 6) is 0.623. The summed E-state index contributed by atoms with van der Waals surface area (Å²) in [5.41, 5.74) is 1.29. The normalized spacial score (nSPS) is 13.6. The second kappa shape index (κ2) is 4.97. The Kier molecular flexibility index (Phi) is 3.15. The maximum absolute atomic E-state index is 11.9. The van der Waals surface area contributed by atoms with Crippen LogP contribution in [0.15, 0.2) is 23.1 Å². The SMILES string of the molecule is Cc1nc(C(=O)Nc2ccc3c(c2)NC(=O)CS3)n[nH]1. The van der Waals surface area contributed by atoms with E-state index in [0.29, 0.717) is 23.0 Å². The van der Waals surface area contributed by atoms with Crippen LogP contribution in [0.2, 0.25) is 0 Å². The molecule has 0 saturated carbocycles. The molecule has 0 unspecified atom stereocenters. The van der Waals surface area contributed by atoms with E-state index in [2.05, 4.69) is 25.8 Å². The van der Waals surface area contributed by atoms with Crippen LogP contribution in [-0.2, 0) is 4.79 Å². The number of hydrogen-bond acceptors (Lipinski definition) is 5. The lowest BCUT2D eigenvalue weighted by molar-refractivity contribution is -0.113. The van der Waals surface area contributed by atoms with Crippen LogP contribution >= 0.6 is 11.8 Å². The maximum Gasteiger partial charge on any atom is 0.295 e. The molecule has 1 aromatic carbocycles. The smallest absolute Gasteiger partial charge is 0.295 e. The largest absolute Gasteiger partial charge is 0.324 e. The van der Waals surface area contributed by atoms with Gasteiger partial charge in [-0.1, -0.05) is 0 Å². The summed E-state index contributed by atoms with van der Waals surface area (Å²) in [4.78, 5) is 28.2. The highest BCUT2D eigenvalue weighted by molar-refractivity contribution is 8.00. The van der Waals surface area contributed by atoms with Crippen LogP contribution < -0.4 is 10.6 Å². The van der Waals surface area contributed by atoms with Gasteiger partial charge >= 0.3 is 0 Å². The van der Waals surface area contributed by atoms with E-state index in [1.807, 2.05) is 6.07 Å². The molecular formula is C12H11N5O2S. The summed E-state index contributed by atoms with van der Waals surface area (Å²) >= 11 is 1.47.